The number of hydrogen-bond donors (Lipinski definition) is 0. The number of amides is 4. The Balaban J connectivity index is 1.18. The third-order valence-corrected chi connectivity index (χ3v) is 8.76. The predicted octanol–water partition coefficient (Wildman–Crippen LogP) is 2.53. The van der Waals surface area contributed by atoms with Crippen LogP contribution in [0.4, 0.5) is 11.4 Å². The van der Waals surface area contributed by atoms with Gasteiger partial charge in [-0.2, -0.15) is 0 Å². The van der Waals surface area contributed by atoms with Gasteiger partial charge in [0.1, 0.15) is 0 Å². The molecule has 6 aliphatic rings. The van der Waals surface area contributed by atoms with Crippen LogP contribution in [0, 0.1) is 47.3 Å². The molecule has 2 aliphatic heterocycles. The van der Waals surface area contributed by atoms with E-state index in [0.29, 0.717) is 23.2 Å². The van der Waals surface area contributed by atoms with Crippen LogP contribution in [0.15, 0.2) is 36.4 Å². The Morgan fingerprint density at radius 1 is 0.567 bits per heavy atom. The maximum absolute atomic E-state index is 13.0. The standard InChI is InChI=1S/C24H22N2O4/c27-21-17-11-1-2-12(9-11)18(17)22(28)25(21)15-5-7-16(8-6-15)26-23(29)19-13-3-4-14(10-13)20(19)24(26)30/h1-2,5-8,11-14,17-20H,3-4,9-10H2/t11-,12-,13-,14-,17+,18+,19-,20+/m0/s1. The van der Waals surface area contributed by atoms with Gasteiger partial charge in [0.05, 0.1) is 35.0 Å². The summed E-state index contributed by atoms with van der Waals surface area (Å²) in [7, 11) is 0. The summed E-state index contributed by atoms with van der Waals surface area (Å²) in [4.78, 5) is 54.7. The Kier molecular flexibility index (Phi) is 3.10. The average molecular weight is 402 g/mol. The number of fused-ring (bicyclic) bond motifs is 10. The van der Waals surface area contributed by atoms with Gasteiger partial charge in [0, 0.05) is 0 Å². The summed E-state index contributed by atoms with van der Waals surface area (Å²) in [5.41, 5.74) is 1.07. The zero-order valence-electron chi connectivity index (χ0n) is 16.4. The molecule has 2 saturated heterocycles. The lowest BCUT2D eigenvalue weighted by atomic mass is 9.81. The lowest BCUT2D eigenvalue weighted by Crippen LogP contribution is -2.34. The highest BCUT2D eigenvalue weighted by Gasteiger charge is 2.61. The minimum Gasteiger partial charge on any atom is -0.274 e. The number of nitrogens with zero attached hydrogens (tertiary/aromatic N) is 2. The van der Waals surface area contributed by atoms with Crippen LogP contribution < -0.4 is 9.80 Å². The van der Waals surface area contributed by atoms with Crippen LogP contribution in [-0.2, 0) is 19.2 Å². The maximum Gasteiger partial charge on any atom is 0.238 e. The van der Waals surface area contributed by atoms with Crippen molar-refractivity contribution in [3.05, 3.63) is 36.4 Å². The molecule has 8 atom stereocenters. The molecule has 0 aromatic heterocycles. The summed E-state index contributed by atoms with van der Waals surface area (Å²) in [6, 6.07) is 6.81. The van der Waals surface area contributed by atoms with Crippen molar-refractivity contribution in [3.8, 4) is 0 Å². The second kappa shape index (κ2) is 5.48. The first-order chi connectivity index (χ1) is 14.5. The van der Waals surface area contributed by atoms with Gasteiger partial charge < -0.3 is 0 Å². The second-order valence-corrected chi connectivity index (χ2v) is 9.92. The van der Waals surface area contributed by atoms with E-state index in [0.717, 1.165) is 25.7 Å². The summed E-state index contributed by atoms with van der Waals surface area (Å²) in [6.45, 7) is 0. The van der Waals surface area contributed by atoms with Gasteiger partial charge in [-0.25, -0.2) is 0 Å². The average Bonchev–Trinajstić information content (AvgIpc) is 3.56. The van der Waals surface area contributed by atoms with Gasteiger partial charge in [0.25, 0.3) is 0 Å². The Labute approximate surface area is 173 Å². The van der Waals surface area contributed by atoms with Gasteiger partial charge >= 0.3 is 0 Å². The van der Waals surface area contributed by atoms with Crippen molar-refractivity contribution in [2.24, 2.45) is 47.3 Å². The fourth-order valence-electron chi connectivity index (χ4n) is 7.57. The molecule has 4 amide bonds. The number of imide groups is 2. The summed E-state index contributed by atoms with van der Waals surface area (Å²) >= 11 is 0. The number of benzene rings is 1. The van der Waals surface area contributed by atoms with Gasteiger partial charge in [-0.1, -0.05) is 12.2 Å². The minimum absolute atomic E-state index is 0.0737. The highest BCUT2D eigenvalue weighted by molar-refractivity contribution is 6.24. The van der Waals surface area contributed by atoms with Crippen LogP contribution in [0.3, 0.4) is 0 Å². The van der Waals surface area contributed by atoms with E-state index in [2.05, 4.69) is 12.2 Å². The number of carbonyl (C=O) groups excluding carboxylic acids is 4. The molecule has 30 heavy (non-hydrogen) atoms. The fourth-order valence-corrected chi connectivity index (χ4v) is 7.57. The topological polar surface area (TPSA) is 74.8 Å². The number of allylic oxidation sites excluding steroid dienone is 2. The van der Waals surface area contributed by atoms with E-state index < -0.39 is 0 Å². The van der Waals surface area contributed by atoms with Gasteiger partial charge in [0.15, 0.2) is 0 Å². The van der Waals surface area contributed by atoms with Crippen LogP contribution in [0.2, 0.25) is 0 Å². The first kappa shape index (κ1) is 17.0. The molecule has 4 bridgehead atoms. The Bertz CT molecular complexity index is 980. The lowest BCUT2D eigenvalue weighted by molar-refractivity contribution is -0.124. The molecule has 1 aromatic rings. The van der Waals surface area contributed by atoms with Crippen LogP contribution in [0.1, 0.15) is 25.7 Å². The van der Waals surface area contributed by atoms with Crippen LogP contribution in [-0.4, -0.2) is 23.6 Å². The Hall–Kier alpha value is -2.76. The third-order valence-electron chi connectivity index (χ3n) is 8.76. The van der Waals surface area contributed by atoms with Gasteiger partial charge in [0.2, 0.25) is 23.6 Å². The van der Waals surface area contributed by atoms with E-state index >= 15 is 0 Å². The maximum atomic E-state index is 13.0. The Morgan fingerprint density at radius 2 is 0.967 bits per heavy atom. The summed E-state index contributed by atoms with van der Waals surface area (Å²) in [5.74, 6) is -0.0971. The number of hydrogen-bond acceptors (Lipinski definition) is 4. The molecule has 1 aromatic carbocycles. The molecule has 2 heterocycles. The zero-order valence-corrected chi connectivity index (χ0v) is 16.4. The molecule has 152 valence electrons. The molecule has 6 heteroatoms. The van der Waals surface area contributed by atoms with Crippen molar-refractivity contribution in [2.45, 2.75) is 25.7 Å². The molecule has 6 nitrogen and oxygen atoms in total. The largest absolute Gasteiger partial charge is 0.274 e. The first-order valence-electron chi connectivity index (χ1n) is 11.1. The Morgan fingerprint density at radius 3 is 1.40 bits per heavy atom. The number of anilines is 2. The van der Waals surface area contributed by atoms with E-state index in [1.54, 1.807) is 24.3 Å². The molecule has 4 aliphatic carbocycles. The van der Waals surface area contributed by atoms with Gasteiger partial charge in [-0.3, -0.25) is 29.0 Å². The minimum atomic E-state index is -0.233. The molecular formula is C24H22N2O4. The highest BCUT2D eigenvalue weighted by Crippen LogP contribution is 2.57. The molecule has 0 spiro atoms. The number of rotatable bonds is 2. The van der Waals surface area contributed by atoms with E-state index in [1.165, 1.54) is 9.80 Å². The van der Waals surface area contributed by atoms with Crippen molar-refractivity contribution in [2.75, 3.05) is 9.80 Å². The smallest absolute Gasteiger partial charge is 0.238 e. The van der Waals surface area contributed by atoms with E-state index in [9.17, 15) is 19.2 Å². The summed E-state index contributed by atoms with van der Waals surface area (Å²) in [6.07, 6.45) is 8.18. The first-order valence-corrected chi connectivity index (χ1v) is 11.1. The molecule has 0 radical (unpaired) electrons. The SMILES string of the molecule is O=C1[C@@H]2[C@H]3CC[C@@H](C3)[C@@H]2C(=O)N1c1ccc(N2C(=O)[C@H]3[C@H](C2=O)[C@H]2C=C[C@H]3C2)cc1. The number of carbonyl (C=O) groups is 4. The zero-order chi connectivity index (χ0) is 20.3. The van der Waals surface area contributed by atoms with Crippen molar-refractivity contribution in [1.29, 1.82) is 0 Å². The molecule has 0 N–H and O–H groups in total. The molecule has 7 rings (SSSR count). The molecule has 0 unspecified atom stereocenters. The molecular weight excluding hydrogens is 380 g/mol. The van der Waals surface area contributed by atoms with E-state index in [1.807, 2.05) is 0 Å². The second-order valence-electron chi connectivity index (χ2n) is 9.92. The van der Waals surface area contributed by atoms with Crippen molar-refractivity contribution >= 4 is 35.0 Å². The van der Waals surface area contributed by atoms with Crippen molar-refractivity contribution < 1.29 is 19.2 Å². The third kappa shape index (κ3) is 1.86. The van der Waals surface area contributed by atoms with Crippen molar-refractivity contribution in [1.82, 2.24) is 0 Å². The van der Waals surface area contributed by atoms with Gasteiger partial charge in [-0.15, -0.1) is 0 Å². The monoisotopic (exact) mass is 402 g/mol. The van der Waals surface area contributed by atoms with E-state index in [4.69, 9.17) is 0 Å². The van der Waals surface area contributed by atoms with Crippen molar-refractivity contribution in [3.63, 3.8) is 0 Å². The normalized spacial score (nSPS) is 42.8. The fraction of sp³-hybridized carbons (Fsp3) is 0.500. The molecule has 5 fully saturated rings. The van der Waals surface area contributed by atoms with Crippen LogP contribution >= 0.6 is 0 Å². The lowest BCUT2D eigenvalue weighted by Gasteiger charge is -2.20. The summed E-state index contributed by atoms with van der Waals surface area (Å²) < 4.78 is 0. The summed E-state index contributed by atoms with van der Waals surface area (Å²) in [5, 5.41) is 0. The van der Waals surface area contributed by atoms with E-state index in [-0.39, 0.29) is 59.1 Å². The van der Waals surface area contributed by atoms with Crippen LogP contribution in [0.25, 0.3) is 0 Å². The molecule has 3 saturated carbocycles. The predicted molar refractivity (Wildman–Crippen MR) is 107 cm³/mol. The van der Waals surface area contributed by atoms with Gasteiger partial charge in [-0.05, 0) is 73.6 Å². The highest BCUT2D eigenvalue weighted by atomic mass is 16.2. The van der Waals surface area contributed by atoms with Crippen LogP contribution in [0.5, 0.6) is 0 Å². The quantitative estimate of drug-likeness (QED) is 0.563.